The fraction of sp³-hybridized carbons (Fsp3) is 0.516. The van der Waals surface area contributed by atoms with Crippen molar-refractivity contribution in [1.82, 2.24) is 24.9 Å². The summed E-state index contributed by atoms with van der Waals surface area (Å²) in [4.78, 5) is 32.5. The summed E-state index contributed by atoms with van der Waals surface area (Å²) in [7, 11) is 0. The molecule has 1 aromatic carbocycles. The summed E-state index contributed by atoms with van der Waals surface area (Å²) in [5.74, 6) is 0.676. The second-order valence-electron chi connectivity index (χ2n) is 12.2. The fourth-order valence-electron chi connectivity index (χ4n) is 5.17. The van der Waals surface area contributed by atoms with Crippen LogP contribution in [-0.2, 0) is 11.3 Å². The first-order chi connectivity index (χ1) is 18.5. The number of pyridine rings is 1. The van der Waals surface area contributed by atoms with Crippen molar-refractivity contribution in [3.05, 3.63) is 71.2 Å². The number of hydrogen-bond acceptors (Lipinski definition) is 5. The van der Waals surface area contributed by atoms with Crippen LogP contribution < -0.4 is 10.6 Å². The number of rotatable bonds is 9. The monoisotopic (exact) mass is 533 g/mol. The van der Waals surface area contributed by atoms with Gasteiger partial charge in [0.25, 0.3) is 5.91 Å². The van der Waals surface area contributed by atoms with Crippen molar-refractivity contribution in [2.24, 2.45) is 5.92 Å². The zero-order chi connectivity index (χ0) is 28.2. The minimum atomic E-state index is -0.515. The van der Waals surface area contributed by atoms with Crippen molar-refractivity contribution in [3.63, 3.8) is 0 Å². The number of fused-ring (bicyclic) bond motifs is 1. The number of imidazole rings is 1. The smallest absolute Gasteiger partial charge is 0.407 e. The number of alkyl carbamates (subject to hydrolysis) is 1. The van der Waals surface area contributed by atoms with E-state index >= 15 is 0 Å². The summed E-state index contributed by atoms with van der Waals surface area (Å²) in [6.45, 7) is 14.9. The van der Waals surface area contributed by atoms with E-state index in [2.05, 4.69) is 60.6 Å². The normalized spacial score (nSPS) is 16.9. The van der Waals surface area contributed by atoms with E-state index in [4.69, 9.17) is 9.72 Å². The van der Waals surface area contributed by atoms with Gasteiger partial charge < -0.3 is 15.4 Å². The van der Waals surface area contributed by atoms with Crippen molar-refractivity contribution in [1.29, 1.82) is 0 Å². The summed E-state index contributed by atoms with van der Waals surface area (Å²) in [6.07, 6.45) is 3.43. The lowest BCUT2D eigenvalue weighted by molar-refractivity contribution is 0.0505. The molecule has 2 atom stereocenters. The van der Waals surface area contributed by atoms with Crippen molar-refractivity contribution in [3.8, 4) is 0 Å². The van der Waals surface area contributed by atoms with Gasteiger partial charge in [-0.2, -0.15) is 0 Å². The SMILES string of the molecule is Cc1ccc(C(CNC(=O)c2cccc3nc(CN4CCC(NC(=O)OC(C)(C)C)C4)cn23)CC(C)C)cc1. The molecular formula is C31H43N5O3. The highest BCUT2D eigenvalue weighted by Crippen LogP contribution is 2.24. The Morgan fingerprint density at radius 3 is 2.56 bits per heavy atom. The summed E-state index contributed by atoms with van der Waals surface area (Å²) in [5, 5.41) is 6.15. The van der Waals surface area contributed by atoms with Gasteiger partial charge in [0.15, 0.2) is 0 Å². The number of benzene rings is 1. The molecule has 2 amide bonds. The molecule has 1 fully saturated rings. The summed E-state index contributed by atoms with van der Waals surface area (Å²) < 4.78 is 7.27. The first-order valence-electron chi connectivity index (χ1n) is 14.0. The van der Waals surface area contributed by atoms with Crippen LogP contribution in [0.4, 0.5) is 4.79 Å². The Kier molecular flexibility index (Phi) is 8.95. The topological polar surface area (TPSA) is 88.0 Å². The second kappa shape index (κ2) is 12.2. The van der Waals surface area contributed by atoms with Crippen LogP contribution in [0, 0.1) is 12.8 Å². The van der Waals surface area contributed by atoms with Gasteiger partial charge in [0, 0.05) is 44.3 Å². The molecule has 0 saturated carbocycles. The van der Waals surface area contributed by atoms with Crippen LogP contribution >= 0.6 is 0 Å². The minimum Gasteiger partial charge on any atom is -0.444 e. The molecule has 0 radical (unpaired) electrons. The number of carbonyl (C=O) groups excluding carboxylic acids is 2. The van der Waals surface area contributed by atoms with Crippen LogP contribution in [0.2, 0.25) is 0 Å². The van der Waals surface area contributed by atoms with E-state index in [-0.39, 0.29) is 24.0 Å². The van der Waals surface area contributed by atoms with Crippen LogP contribution in [0.25, 0.3) is 5.65 Å². The molecular weight excluding hydrogens is 490 g/mol. The van der Waals surface area contributed by atoms with E-state index in [1.165, 1.54) is 11.1 Å². The summed E-state index contributed by atoms with van der Waals surface area (Å²) >= 11 is 0. The van der Waals surface area contributed by atoms with Gasteiger partial charge in [0.1, 0.15) is 16.9 Å². The first kappa shape index (κ1) is 28.6. The van der Waals surface area contributed by atoms with Crippen LogP contribution in [-0.4, -0.2) is 57.6 Å². The first-order valence-corrected chi connectivity index (χ1v) is 14.0. The number of aromatic nitrogens is 2. The molecule has 0 aliphatic carbocycles. The molecule has 2 aromatic heterocycles. The molecule has 2 N–H and O–H groups in total. The Balaban J connectivity index is 1.39. The maximum absolute atomic E-state index is 13.3. The van der Waals surface area contributed by atoms with Crippen LogP contribution in [0.1, 0.15) is 80.7 Å². The standard InChI is InChI=1S/C31H43N5O3/c1-21(2)16-24(23-12-10-22(3)11-13-23)17-32-29(37)27-8-7-9-28-33-26(20-36(27)28)19-35-15-14-25(18-35)34-30(38)39-31(4,5)6/h7-13,20-21,24-25H,14-19H2,1-6H3,(H,32,37)(H,34,38). The predicted octanol–water partition coefficient (Wildman–Crippen LogP) is 5.30. The number of ether oxygens (including phenoxy) is 1. The average Bonchev–Trinajstić information content (AvgIpc) is 3.46. The number of aryl methyl sites for hydroxylation is 1. The third kappa shape index (κ3) is 8.05. The molecule has 8 nitrogen and oxygen atoms in total. The number of hydrogen-bond donors (Lipinski definition) is 2. The zero-order valence-electron chi connectivity index (χ0n) is 24.2. The molecule has 3 aromatic rings. The van der Waals surface area contributed by atoms with Crippen LogP contribution in [0.5, 0.6) is 0 Å². The molecule has 0 spiro atoms. The Morgan fingerprint density at radius 2 is 1.87 bits per heavy atom. The molecule has 4 rings (SSSR count). The average molecular weight is 534 g/mol. The van der Waals surface area contributed by atoms with Gasteiger partial charge in [0.2, 0.25) is 0 Å². The molecule has 1 saturated heterocycles. The highest BCUT2D eigenvalue weighted by Gasteiger charge is 2.27. The molecule has 1 aliphatic rings. The van der Waals surface area contributed by atoms with E-state index in [1.807, 2.05) is 49.6 Å². The maximum Gasteiger partial charge on any atom is 0.407 e. The largest absolute Gasteiger partial charge is 0.444 e. The van der Waals surface area contributed by atoms with E-state index < -0.39 is 5.60 Å². The third-order valence-electron chi connectivity index (χ3n) is 6.97. The lowest BCUT2D eigenvalue weighted by Crippen LogP contribution is -2.40. The maximum atomic E-state index is 13.3. The number of carbonyl (C=O) groups is 2. The highest BCUT2D eigenvalue weighted by atomic mass is 16.6. The van der Waals surface area contributed by atoms with Gasteiger partial charge in [-0.15, -0.1) is 0 Å². The molecule has 3 heterocycles. The van der Waals surface area contributed by atoms with Crippen LogP contribution in [0.15, 0.2) is 48.7 Å². The van der Waals surface area contributed by atoms with Crippen LogP contribution in [0.3, 0.4) is 0 Å². The summed E-state index contributed by atoms with van der Waals surface area (Å²) in [6, 6.07) is 14.3. The van der Waals surface area contributed by atoms with Crippen molar-refractivity contribution < 1.29 is 14.3 Å². The highest BCUT2D eigenvalue weighted by molar-refractivity contribution is 5.93. The molecule has 210 valence electrons. The van der Waals surface area contributed by atoms with E-state index in [9.17, 15) is 9.59 Å². The number of likely N-dealkylation sites (tertiary alicyclic amines) is 1. The number of nitrogens with zero attached hydrogens (tertiary/aromatic N) is 3. The Hall–Kier alpha value is -3.39. The number of nitrogens with one attached hydrogen (secondary N) is 2. The third-order valence-corrected chi connectivity index (χ3v) is 6.97. The van der Waals surface area contributed by atoms with Crippen molar-refractivity contribution >= 4 is 17.6 Å². The Bertz CT molecular complexity index is 1280. The van der Waals surface area contributed by atoms with Gasteiger partial charge in [-0.1, -0.05) is 49.7 Å². The Labute approximate surface area is 232 Å². The summed E-state index contributed by atoms with van der Waals surface area (Å²) in [5.41, 5.74) is 4.19. The van der Waals surface area contributed by atoms with Gasteiger partial charge in [-0.25, -0.2) is 9.78 Å². The van der Waals surface area contributed by atoms with Crippen molar-refractivity contribution in [2.75, 3.05) is 19.6 Å². The molecule has 2 unspecified atom stereocenters. The quantitative estimate of drug-likeness (QED) is 0.390. The van der Waals surface area contributed by atoms with Crippen molar-refractivity contribution in [2.45, 2.75) is 78.5 Å². The molecule has 8 heteroatoms. The zero-order valence-corrected chi connectivity index (χ0v) is 24.2. The molecule has 1 aliphatic heterocycles. The lowest BCUT2D eigenvalue weighted by Gasteiger charge is -2.22. The van der Waals surface area contributed by atoms with Gasteiger partial charge >= 0.3 is 6.09 Å². The van der Waals surface area contributed by atoms with Gasteiger partial charge in [0.05, 0.1) is 5.69 Å². The minimum absolute atomic E-state index is 0.0468. The Morgan fingerprint density at radius 1 is 1.13 bits per heavy atom. The van der Waals surface area contributed by atoms with Gasteiger partial charge in [-0.3, -0.25) is 14.1 Å². The van der Waals surface area contributed by atoms with E-state index in [0.717, 1.165) is 37.3 Å². The molecule has 39 heavy (non-hydrogen) atoms. The number of amides is 2. The predicted molar refractivity (Wildman–Crippen MR) is 154 cm³/mol. The fourth-order valence-corrected chi connectivity index (χ4v) is 5.17. The van der Waals surface area contributed by atoms with E-state index in [1.54, 1.807) is 0 Å². The van der Waals surface area contributed by atoms with E-state index in [0.29, 0.717) is 24.7 Å². The molecule has 0 bridgehead atoms. The van der Waals surface area contributed by atoms with Gasteiger partial charge in [-0.05, 0) is 64.2 Å². The lowest BCUT2D eigenvalue weighted by atomic mass is 9.90. The second-order valence-corrected chi connectivity index (χ2v) is 12.2.